The molecule has 1 heterocycles. The number of nitrogens with zero attached hydrogens (tertiary/aromatic N) is 2. The van der Waals surface area contributed by atoms with Crippen LogP contribution in [0.5, 0.6) is 0 Å². The average Bonchev–Trinajstić information content (AvgIpc) is 2.74. The molecule has 1 N–H and O–H groups in total. The number of halogens is 3. The van der Waals surface area contributed by atoms with Gasteiger partial charge in [-0.15, -0.1) is 0 Å². The molecule has 2 aromatic carbocycles. The molecular weight excluding hydrogens is 443 g/mol. The Morgan fingerprint density at radius 1 is 1.00 bits per heavy atom. The van der Waals surface area contributed by atoms with Crippen LogP contribution in [0.3, 0.4) is 0 Å². The first-order chi connectivity index (χ1) is 15.0. The van der Waals surface area contributed by atoms with Crippen LogP contribution < -0.4 is 5.32 Å². The maximum atomic E-state index is 13.3. The van der Waals surface area contributed by atoms with Crippen molar-refractivity contribution >= 4 is 21.6 Å². The van der Waals surface area contributed by atoms with Gasteiger partial charge in [-0.1, -0.05) is 38.1 Å². The Morgan fingerprint density at radius 3 is 2.16 bits per heavy atom. The SMILES string of the molecule is CC(C)c1ccc(NC(=O)CN2CCN(S(=O)(=O)c3ccccc3C(F)(F)F)CC2)cc1. The molecular formula is C22H26F3N3O3S. The topological polar surface area (TPSA) is 69.7 Å². The minimum absolute atomic E-state index is 0.00485. The van der Waals surface area contributed by atoms with Crippen LogP contribution in [0.2, 0.25) is 0 Å². The summed E-state index contributed by atoms with van der Waals surface area (Å²) in [7, 11) is -4.30. The maximum absolute atomic E-state index is 13.3. The second kappa shape index (κ2) is 9.60. The monoisotopic (exact) mass is 469 g/mol. The molecule has 0 spiro atoms. The highest BCUT2D eigenvalue weighted by atomic mass is 32.2. The number of hydrogen-bond acceptors (Lipinski definition) is 4. The van der Waals surface area contributed by atoms with E-state index in [4.69, 9.17) is 0 Å². The smallest absolute Gasteiger partial charge is 0.325 e. The molecule has 1 amide bonds. The summed E-state index contributed by atoms with van der Waals surface area (Å²) in [4.78, 5) is 13.4. The van der Waals surface area contributed by atoms with Crippen molar-refractivity contribution in [1.82, 2.24) is 9.21 Å². The van der Waals surface area contributed by atoms with Crippen molar-refractivity contribution in [1.29, 1.82) is 0 Å². The van der Waals surface area contributed by atoms with E-state index in [1.54, 1.807) is 4.90 Å². The van der Waals surface area contributed by atoms with E-state index < -0.39 is 26.7 Å². The number of amides is 1. The number of benzene rings is 2. The maximum Gasteiger partial charge on any atom is 0.417 e. The lowest BCUT2D eigenvalue weighted by Gasteiger charge is -2.34. The number of nitrogens with one attached hydrogen (secondary N) is 1. The molecule has 0 saturated carbocycles. The number of sulfonamides is 1. The molecule has 0 aliphatic carbocycles. The molecule has 0 radical (unpaired) electrons. The molecule has 3 rings (SSSR count). The highest BCUT2D eigenvalue weighted by Gasteiger charge is 2.39. The van der Waals surface area contributed by atoms with Gasteiger partial charge in [-0.25, -0.2) is 8.42 Å². The number of rotatable bonds is 6. The van der Waals surface area contributed by atoms with Crippen molar-refractivity contribution in [3.8, 4) is 0 Å². The standard InChI is InChI=1S/C22H26F3N3O3S/c1-16(2)17-7-9-18(10-8-17)26-21(29)15-27-11-13-28(14-12-27)32(30,31)20-6-4-3-5-19(20)22(23,24)25/h3-10,16H,11-15H2,1-2H3,(H,26,29). The Hall–Kier alpha value is -2.43. The van der Waals surface area contributed by atoms with Gasteiger partial charge < -0.3 is 5.32 Å². The van der Waals surface area contributed by atoms with Gasteiger partial charge in [-0.05, 0) is 35.7 Å². The van der Waals surface area contributed by atoms with Gasteiger partial charge in [-0.3, -0.25) is 9.69 Å². The van der Waals surface area contributed by atoms with Crippen LogP contribution in [0.1, 0.15) is 30.9 Å². The summed E-state index contributed by atoms with van der Waals surface area (Å²) in [6, 6.07) is 11.7. The molecule has 32 heavy (non-hydrogen) atoms. The van der Waals surface area contributed by atoms with Crippen LogP contribution in [0.15, 0.2) is 53.4 Å². The van der Waals surface area contributed by atoms with E-state index in [1.165, 1.54) is 6.07 Å². The van der Waals surface area contributed by atoms with Crippen molar-refractivity contribution in [2.75, 3.05) is 38.0 Å². The molecule has 0 aromatic heterocycles. The molecule has 2 aromatic rings. The summed E-state index contributed by atoms with van der Waals surface area (Å²) < 4.78 is 66.5. The van der Waals surface area contributed by atoms with Crippen LogP contribution in [0.4, 0.5) is 18.9 Å². The highest BCUT2D eigenvalue weighted by molar-refractivity contribution is 7.89. The van der Waals surface area contributed by atoms with Gasteiger partial charge >= 0.3 is 6.18 Å². The van der Waals surface area contributed by atoms with E-state index in [0.717, 1.165) is 28.1 Å². The van der Waals surface area contributed by atoms with E-state index in [2.05, 4.69) is 19.2 Å². The summed E-state index contributed by atoms with van der Waals surface area (Å²) in [5.41, 5.74) is 0.655. The third kappa shape index (κ3) is 5.67. The quantitative estimate of drug-likeness (QED) is 0.699. The van der Waals surface area contributed by atoms with Crippen LogP contribution >= 0.6 is 0 Å². The highest BCUT2D eigenvalue weighted by Crippen LogP contribution is 2.35. The van der Waals surface area contributed by atoms with E-state index in [0.29, 0.717) is 11.6 Å². The largest absolute Gasteiger partial charge is 0.417 e. The number of carbonyl (C=O) groups is 1. The second-order valence-corrected chi connectivity index (χ2v) is 9.91. The number of anilines is 1. The number of carbonyl (C=O) groups excluding carboxylic acids is 1. The molecule has 0 atom stereocenters. The summed E-state index contributed by atoms with van der Waals surface area (Å²) in [5.74, 6) is 0.149. The van der Waals surface area contributed by atoms with Crippen molar-refractivity contribution in [2.45, 2.75) is 30.8 Å². The number of alkyl halides is 3. The summed E-state index contributed by atoms with van der Waals surface area (Å²) in [6.45, 7) is 4.72. The van der Waals surface area contributed by atoms with Gasteiger partial charge in [0.25, 0.3) is 0 Å². The zero-order valence-corrected chi connectivity index (χ0v) is 18.7. The minimum atomic E-state index is -4.77. The predicted octanol–water partition coefficient (Wildman–Crippen LogP) is 3.77. The van der Waals surface area contributed by atoms with Crippen LogP contribution in [0, 0.1) is 0 Å². The molecule has 1 saturated heterocycles. The Balaban J connectivity index is 1.59. The third-order valence-electron chi connectivity index (χ3n) is 5.37. The fourth-order valence-electron chi connectivity index (χ4n) is 3.55. The zero-order valence-electron chi connectivity index (χ0n) is 17.9. The number of hydrogen-bond donors (Lipinski definition) is 1. The van der Waals surface area contributed by atoms with Crippen molar-refractivity contribution in [2.24, 2.45) is 0 Å². The lowest BCUT2D eigenvalue weighted by Crippen LogP contribution is -2.50. The fraction of sp³-hybridized carbons (Fsp3) is 0.409. The summed E-state index contributed by atoms with van der Waals surface area (Å²) in [5, 5.41) is 2.81. The molecule has 6 nitrogen and oxygen atoms in total. The van der Waals surface area contributed by atoms with Gasteiger partial charge in [0.05, 0.1) is 17.0 Å². The van der Waals surface area contributed by atoms with E-state index in [9.17, 15) is 26.4 Å². The molecule has 0 bridgehead atoms. The first-order valence-corrected chi connectivity index (χ1v) is 11.7. The first-order valence-electron chi connectivity index (χ1n) is 10.3. The lowest BCUT2D eigenvalue weighted by atomic mass is 10.0. The average molecular weight is 470 g/mol. The Morgan fingerprint density at radius 2 is 1.59 bits per heavy atom. The van der Waals surface area contributed by atoms with E-state index in [1.807, 2.05) is 24.3 Å². The number of piperazine rings is 1. The van der Waals surface area contributed by atoms with Crippen molar-refractivity contribution < 1.29 is 26.4 Å². The second-order valence-electron chi connectivity index (χ2n) is 8.00. The van der Waals surface area contributed by atoms with Crippen LogP contribution in [-0.2, 0) is 21.0 Å². The Labute approximate surface area is 186 Å². The van der Waals surface area contributed by atoms with Gasteiger partial charge in [0.15, 0.2) is 0 Å². The summed E-state index contributed by atoms with van der Waals surface area (Å²) >= 11 is 0. The normalized spacial score (nSPS) is 16.3. The summed E-state index contributed by atoms with van der Waals surface area (Å²) in [6.07, 6.45) is -4.77. The predicted molar refractivity (Wildman–Crippen MR) is 116 cm³/mol. The molecule has 174 valence electrons. The minimum Gasteiger partial charge on any atom is -0.325 e. The molecule has 1 aliphatic rings. The van der Waals surface area contributed by atoms with Gasteiger partial charge in [0, 0.05) is 31.9 Å². The molecule has 1 aliphatic heterocycles. The van der Waals surface area contributed by atoms with Gasteiger partial charge in [0.1, 0.15) is 0 Å². The molecule has 1 fully saturated rings. The first kappa shape index (κ1) is 24.2. The van der Waals surface area contributed by atoms with E-state index >= 15 is 0 Å². The molecule has 0 unspecified atom stereocenters. The van der Waals surface area contributed by atoms with Crippen molar-refractivity contribution in [3.05, 3.63) is 59.7 Å². The zero-order chi connectivity index (χ0) is 23.5. The van der Waals surface area contributed by atoms with E-state index in [-0.39, 0.29) is 38.6 Å². The van der Waals surface area contributed by atoms with Crippen LogP contribution in [0.25, 0.3) is 0 Å². The fourth-order valence-corrected chi connectivity index (χ4v) is 5.18. The molecule has 10 heteroatoms. The van der Waals surface area contributed by atoms with Gasteiger partial charge in [-0.2, -0.15) is 17.5 Å². The Bertz CT molecular complexity index is 1050. The lowest BCUT2D eigenvalue weighted by molar-refractivity contribution is -0.140. The third-order valence-corrected chi connectivity index (χ3v) is 7.33. The Kier molecular flexibility index (Phi) is 7.26. The van der Waals surface area contributed by atoms with Gasteiger partial charge in [0.2, 0.25) is 15.9 Å². The van der Waals surface area contributed by atoms with Crippen LogP contribution in [-0.4, -0.2) is 56.3 Å². The van der Waals surface area contributed by atoms with Crippen molar-refractivity contribution in [3.63, 3.8) is 0 Å².